The van der Waals surface area contributed by atoms with Crippen LogP contribution in [0, 0.1) is 0 Å². The molecule has 2 fully saturated rings. The van der Waals surface area contributed by atoms with Gasteiger partial charge < -0.3 is 14.4 Å². The zero-order valence-corrected chi connectivity index (χ0v) is 14.5. The molecule has 0 saturated carbocycles. The maximum atomic E-state index is 13.0. The first-order valence-electron chi connectivity index (χ1n) is 8.54. The third-order valence-corrected chi connectivity index (χ3v) is 5.05. The molecule has 0 radical (unpaired) electrons. The summed E-state index contributed by atoms with van der Waals surface area (Å²) < 4.78 is 13.4. The first-order chi connectivity index (χ1) is 11.0. The number of aryl methyl sites for hydroxylation is 1. The second-order valence-corrected chi connectivity index (χ2v) is 6.85. The Kier molecular flexibility index (Phi) is 4.47. The Labute approximate surface area is 137 Å². The van der Waals surface area contributed by atoms with Gasteiger partial charge >= 0.3 is 0 Å². The molecule has 1 aromatic heterocycles. The smallest absolute Gasteiger partial charge is 0.272 e. The summed E-state index contributed by atoms with van der Waals surface area (Å²) in [5, 5.41) is 4.56. The Hall–Kier alpha value is -1.40. The van der Waals surface area contributed by atoms with Gasteiger partial charge in [-0.1, -0.05) is 13.8 Å². The summed E-state index contributed by atoms with van der Waals surface area (Å²) in [5.41, 5.74) is 1.31. The molecule has 2 saturated heterocycles. The maximum Gasteiger partial charge on any atom is 0.272 e. The molecule has 6 heteroatoms. The van der Waals surface area contributed by atoms with Gasteiger partial charge in [0.25, 0.3) is 5.91 Å². The van der Waals surface area contributed by atoms with E-state index < -0.39 is 0 Å². The quantitative estimate of drug-likeness (QED) is 0.851. The highest BCUT2D eigenvalue weighted by Gasteiger charge is 2.51. The Morgan fingerprint density at radius 1 is 1.57 bits per heavy atom. The van der Waals surface area contributed by atoms with Crippen molar-refractivity contribution in [1.82, 2.24) is 14.7 Å². The molecule has 1 spiro atoms. The normalized spacial score (nSPS) is 27.5. The average molecular weight is 321 g/mol. The predicted octanol–water partition coefficient (Wildman–Crippen LogP) is 2.05. The molecule has 0 unspecified atom stereocenters. The molecule has 0 N–H and O–H groups in total. The Balaban J connectivity index is 1.84. The molecular formula is C17H27N3O3. The van der Waals surface area contributed by atoms with Gasteiger partial charge in [-0.3, -0.25) is 9.48 Å². The van der Waals surface area contributed by atoms with E-state index in [1.54, 1.807) is 11.8 Å². The van der Waals surface area contributed by atoms with Crippen molar-refractivity contribution < 1.29 is 14.3 Å². The van der Waals surface area contributed by atoms with Gasteiger partial charge in [-0.05, 0) is 31.7 Å². The lowest BCUT2D eigenvalue weighted by molar-refractivity contribution is -0.0755. The van der Waals surface area contributed by atoms with Crippen LogP contribution in [-0.4, -0.2) is 59.1 Å². The van der Waals surface area contributed by atoms with Crippen LogP contribution in [0.15, 0.2) is 6.07 Å². The Bertz CT molecular complexity index is 576. The number of hydrogen-bond donors (Lipinski definition) is 0. The van der Waals surface area contributed by atoms with Gasteiger partial charge in [-0.15, -0.1) is 0 Å². The molecule has 2 aliphatic heterocycles. The van der Waals surface area contributed by atoms with Crippen LogP contribution in [0.3, 0.4) is 0 Å². The molecule has 2 atom stereocenters. The van der Waals surface area contributed by atoms with E-state index in [1.807, 2.05) is 17.9 Å². The molecule has 0 aliphatic carbocycles. The summed E-state index contributed by atoms with van der Waals surface area (Å²) in [6, 6.07) is 1.93. The van der Waals surface area contributed by atoms with Crippen LogP contribution in [0.4, 0.5) is 0 Å². The van der Waals surface area contributed by atoms with Crippen molar-refractivity contribution in [3.63, 3.8) is 0 Å². The van der Waals surface area contributed by atoms with E-state index in [1.165, 1.54) is 0 Å². The summed E-state index contributed by atoms with van der Waals surface area (Å²) in [6.07, 6.45) is 1.95. The molecular weight excluding hydrogens is 294 g/mol. The van der Waals surface area contributed by atoms with E-state index in [9.17, 15) is 4.79 Å². The third kappa shape index (κ3) is 2.78. The lowest BCUT2D eigenvalue weighted by Crippen LogP contribution is -2.42. The van der Waals surface area contributed by atoms with E-state index in [0.717, 1.165) is 25.1 Å². The minimum Gasteiger partial charge on any atom is -0.377 e. The van der Waals surface area contributed by atoms with Crippen LogP contribution in [0.5, 0.6) is 0 Å². The summed E-state index contributed by atoms with van der Waals surface area (Å²) in [6.45, 7) is 8.83. The molecule has 6 nitrogen and oxygen atoms in total. The molecule has 23 heavy (non-hydrogen) atoms. The third-order valence-electron chi connectivity index (χ3n) is 5.05. The van der Waals surface area contributed by atoms with Gasteiger partial charge in [0.1, 0.15) is 17.4 Å². The SMILES string of the molecule is CCn1nc(C(C)C)cc1C(=O)N1C[C@H](OC)[C@]2(CCCO2)C1. The number of nitrogens with zero attached hydrogens (tertiary/aromatic N) is 3. The molecule has 0 bridgehead atoms. The van der Waals surface area contributed by atoms with Crippen LogP contribution in [0.1, 0.15) is 55.7 Å². The molecule has 1 aromatic rings. The fourth-order valence-corrected chi connectivity index (χ4v) is 3.69. The number of carbonyl (C=O) groups is 1. The van der Waals surface area contributed by atoms with Crippen LogP contribution in [-0.2, 0) is 16.0 Å². The van der Waals surface area contributed by atoms with Crippen molar-refractivity contribution in [1.29, 1.82) is 0 Å². The minimum absolute atomic E-state index is 0.0284. The van der Waals surface area contributed by atoms with Crippen LogP contribution in [0.2, 0.25) is 0 Å². The number of likely N-dealkylation sites (tertiary alicyclic amines) is 1. The Morgan fingerprint density at radius 2 is 2.35 bits per heavy atom. The van der Waals surface area contributed by atoms with Crippen LogP contribution >= 0.6 is 0 Å². The first kappa shape index (κ1) is 16.5. The molecule has 3 rings (SSSR count). The number of carbonyl (C=O) groups excluding carboxylic acids is 1. The van der Waals surface area contributed by atoms with Gasteiger partial charge in [-0.2, -0.15) is 5.10 Å². The van der Waals surface area contributed by atoms with Crippen molar-refractivity contribution >= 4 is 5.91 Å². The van der Waals surface area contributed by atoms with Crippen molar-refractivity contribution in [2.75, 3.05) is 26.8 Å². The van der Waals surface area contributed by atoms with Gasteiger partial charge in [0, 0.05) is 20.3 Å². The van der Waals surface area contributed by atoms with Crippen molar-refractivity contribution in [2.45, 2.75) is 57.8 Å². The number of aromatic nitrogens is 2. The fraction of sp³-hybridized carbons (Fsp3) is 0.765. The highest BCUT2D eigenvalue weighted by atomic mass is 16.6. The lowest BCUT2D eigenvalue weighted by Gasteiger charge is -2.27. The van der Waals surface area contributed by atoms with Crippen molar-refractivity contribution in [3.05, 3.63) is 17.5 Å². The summed E-state index contributed by atoms with van der Waals surface area (Å²) in [4.78, 5) is 14.9. The maximum absolute atomic E-state index is 13.0. The summed E-state index contributed by atoms with van der Waals surface area (Å²) in [5.74, 6) is 0.338. The number of rotatable bonds is 4. The second-order valence-electron chi connectivity index (χ2n) is 6.85. The number of amides is 1. The predicted molar refractivity (Wildman–Crippen MR) is 86.6 cm³/mol. The highest BCUT2D eigenvalue weighted by Crippen LogP contribution is 2.37. The topological polar surface area (TPSA) is 56.6 Å². The first-order valence-corrected chi connectivity index (χ1v) is 8.54. The molecule has 2 aliphatic rings. The molecule has 1 amide bonds. The molecule has 3 heterocycles. The molecule has 128 valence electrons. The van der Waals surface area contributed by atoms with Crippen LogP contribution < -0.4 is 0 Å². The number of ether oxygens (including phenoxy) is 2. The largest absolute Gasteiger partial charge is 0.377 e. The van der Waals surface area contributed by atoms with Crippen LogP contribution in [0.25, 0.3) is 0 Å². The standard InChI is InChI=1S/C17H27N3O3/c1-5-20-14(9-13(18-20)12(2)3)16(21)19-10-15(22-4)17(11-19)7-6-8-23-17/h9,12,15H,5-8,10-11H2,1-4H3/t15-,17-/m0/s1. The molecule has 0 aromatic carbocycles. The average Bonchev–Trinajstić information content (AvgIpc) is 3.25. The van der Waals surface area contributed by atoms with Gasteiger partial charge in [-0.25, -0.2) is 0 Å². The highest BCUT2D eigenvalue weighted by molar-refractivity contribution is 5.93. The zero-order valence-electron chi connectivity index (χ0n) is 14.5. The van der Waals surface area contributed by atoms with E-state index in [0.29, 0.717) is 31.2 Å². The number of hydrogen-bond acceptors (Lipinski definition) is 4. The van der Waals surface area contributed by atoms with Gasteiger partial charge in [0.2, 0.25) is 0 Å². The summed E-state index contributed by atoms with van der Waals surface area (Å²) in [7, 11) is 1.70. The Morgan fingerprint density at radius 3 is 2.91 bits per heavy atom. The fourth-order valence-electron chi connectivity index (χ4n) is 3.69. The van der Waals surface area contributed by atoms with Gasteiger partial charge in [0.05, 0.1) is 18.8 Å². The van der Waals surface area contributed by atoms with Crippen molar-refractivity contribution in [2.24, 2.45) is 0 Å². The van der Waals surface area contributed by atoms with Crippen molar-refractivity contribution in [3.8, 4) is 0 Å². The summed E-state index contributed by atoms with van der Waals surface area (Å²) >= 11 is 0. The van der Waals surface area contributed by atoms with E-state index in [-0.39, 0.29) is 17.6 Å². The van der Waals surface area contributed by atoms with E-state index in [4.69, 9.17) is 9.47 Å². The van der Waals surface area contributed by atoms with Gasteiger partial charge in [0.15, 0.2) is 0 Å². The zero-order chi connectivity index (χ0) is 16.6. The second kappa shape index (κ2) is 6.24. The lowest BCUT2D eigenvalue weighted by atomic mass is 9.96. The number of methoxy groups -OCH3 is 1. The minimum atomic E-state index is -0.317. The monoisotopic (exact) mass is 321 g/mol. The van der Waals surface area contributed by atoms with E-state index >= 15 is 0 Å². The van der Waals surface area contributed by atoms with E-state index in [2.05, 4.69) is 18.9 Å².